The second-order valence-electron chi connectivity index (χ2n) is 8.87. The summed E-state index contributed by atoms with van der Waals surface area (Å²) in [6.45, 7) is 3.76. The van der Waals surface area contributed by atoms with Gasteiger partial charge in [-0.05, 0) is 74.7 Å². The van der Waals surface area contributed by atoms with Crippen LogP contribution in [0.25, 0.3) is 0 Å². The molecule has 2 heteroatoms. The van der Waals surface area contributed by atoms with Crippen molar-refractivity contribution in [2.45, 2.75) is 44.1 Å². The summed E-state index contributed by atoms with van der Waals surface area (Å²) in [5.41, 5.74) is 1.53. The topological polar surface area (TPSA) is 12.5 Å². The Morgan fingerprint density at radius 3 is 1.81 bits per heavy atom. The van der Waals surface area contributed by atoms with Crippen LogP contribution >= 0.6 is 0 Å². The number of hydrogen-bond acceptors (Lipinski definition) is 2. The molecule has 1 heterocycles. The van der Waals surface area contributed by atoms with Crippen LogP contribution in [0, 0.1) is 5.92 Å². The van der Waals surface area contributed by atoms with Crippen molar-refractivity contribution >= 4 is 0 Å². The van der Waals surface area contributed by atoms with Crippen LogP contribution in [-0.4, -0.2) is 30.6 Å². The lowest BCUT2D eigenvalue weighted by atomic mass is 9.89. The molecule has 5 rings (SSSR count). The predicted octanol–water partition coefficient (Wildman–Crippen LogP) is 6.80. The summed E-state index contributed by atoms with van der Waals surface area (Å²) in [7, 11) is 0. The van der Waals surface area contributed by atoms with Gasteiger partial charge < -0.3 is 9.64 Å². The van der Waals surface area contributed by atoms with Crippen molar-refractivity contribution in [2.75, 3.05) is 19.6 Å². The highest BCUT2D eigenvalue weighted by atomic mass is 16.5. The first-order chi connectivity index (χ1) is 15.4. The van der Waals surface area contributed by atoms with Crippen LogP contribution in [0.2, 0.25) is 0 Å². The average molecular weight is 414 g/mol. The molecule has 2 nitrogen and oxygen atoms in total. The minimum absolute atomic E-state index is 0.411. The van der Waals surface area contributed by atoms with Crippen molar-refractivity contribution in [3.63, 3.8) is 0 Å². The molecule has 1 aliphatic heterocycles. The van der Waals surface area contributed by atoms with Crippen molar-refractivity contribution in [1.82, 2.24) is 4.90 Å². The van der Waals surface area contributed by atoms with Gasteiger partial charge in [0.25, 0.3) is 0 Å². The molecule has 3 aromatic carbocycles. The van der Waals surface area contributed by atoms with Crippen LogP contribution in [0.15, 0.2) is 97.1 Å². The number of nitrogens with zero attached hydrogens (tertiary/aromatic N) is 1. The Balaban J connectivity index is 0.000000334. The third-order valence-electron chi connectivity index (χ3n) is 6.58. The summed E-state index contributed by atoms with van der Waals surface area (Å²) in [5, 5.41) is 0. The number of likely N-dealkylation sites (tertiary alicyclic amines) is 1. The van der Waals surface area contributed by atoms with Crippen molar-refractivity contribution in [2.24, 2.45) is 5.92 Å². The normalized spacial score (nSPS) is 21.8. The fraction of sp³-hybridized carbons (Fsp3) is 0.379. The molecule has 1 saturated heterocycles. The lowest BCUT2D eigenvalue weighted by Gasteiger charge is -2.33. The number of piperidine rings is 1. The number of rotatable bonds is 5. The molecule has 0 N–H and O–H groups in total. The van der Waals surface area contributed by atoms with Gasteiger partial charge in [0.2, 0.25) is 0 Å². The third-order valence-corrected chi connectivity index (χ3v) is 6.58. The monoisotopic (exact) mass is 413 g/mol. The molecule has 0 bridgehead atoms. The zero-order valence-electron chi connectivity index (χ0n) is 18.5. The second-order valence-corrected chi connectivity index (χ2v) is 8.87. The molecule has 162 valence electrons. The van der Waals surface area contributed by atoms with Crippen molar-refractivity contribution < 1.29 is 4.74 Å². The van der Waals surface area contributed by atoms with E-state index in [1.54, 1.807) is 0 Å². The predicted molar refractivity (Wildman–Crippen MR) is 129 cm³/mol. The molecule has 2 unspecified atom stereocenters. The van der Waals surface area contributed by atoms with Gasteiger partial charge in [-0.15, -0.1) is 0 Å². The Bertz CT molecular complexity index is 817. The van der Waals surface area contributed by atoms with Crippen LogP contribution < -0.4 is 4.74 Å². The van der Waals surface area contributed by atoms with Gasteiger partial charge in [-0.1, -0.05) is 84.9 Å². The van der Waals surface area contributed by atoms with E-state index >= 15 is 0 Å². The fourth-order valence-corrected chi connectivity index (χ4v) is 4.92. The maximum Gasteiger partial charge on any atom is 0.119 e. The summed E-state index contributed by atoms with van der Waals surface area (Å²) >= 11 is 0. The summed E-state index contributed by atoms with van der Waals surface area (Å²) in [6, 6.07) is 33.3. The quantitative estimate of drug-likeness (QED) is 0.456. The molecule has 0 radical (unpaired) electrons. The molecule has 1 saturated carbocycles. The molecule has 2 aliphatic rings. The zero-order valence-corrected chi connectivity index (χ0v) is 18.5. The van der Waals surface area contributed by atoms with E-state index in [0.717, 1.165) is 17.6 Å². The van der Waals surface area contributed by atoms with Gasteiger partial charge >= 0.3 is 0 Å². The summed E-state index contributed by atoms with van der Waals surface area (Å²) < 4.78 is 6.15. The standard InChI is InChI=1S/C23H29NO.C6H6/c1-3-7-20(8-4-1)21-13-15-24(16-14-21)18-19-11-12-23(17-19)25-22-9-5-2-6-10-22;1-2-4-6-5-3-1/h1-10,19,21,23H,11-18H2;1-6H. The Hall–Kier alpha value is -2.58. The van der Waals surface area contributed by atoms with E-state index in [-0.39, 0.29) is 0 Å². The van der Waals surface area contributed by atoms with E-state index in [9.17, 15) is 0 Å². The maximum atomic E-state index is 6.15. The molecule has 31 heavy (non-hydrogen) atoms. The van der Waals surface area contributed by atoms with Gasteiger partial charge in [0, 0.05) is 6.54 Å². The van der Waals surface area contributed by atoms with Crippen molar-refractivity contribution in [3.8, 4) is 5.75 Å². The Morgan fingerprint density at radius 2 is 1.19 bits per heavy atom. The highest BCUT2D eigenvalue weighted by Gasteiger charge is 2.29. The van der Waals surface area contributed by atoms with Crippen LogP contribution in [0.3, 0.4) is 0 Å². The highest BCUT2D eigenvalue weighted by molar-refractivity contribution is 5.21. The highest BCUT2D eigenvalue weighted by Crippen LogP contribution is 2.32. The first-order valence-corrected chi connectivity index (χ1v) is 11.9. The van der Waals surface area contributed by atoms with Crippen LogP contribution in [-0.2, 0) is 0 Å². The van der Waals surface area contributed by atoms with E-state index in [1.165, 1.54) is 57.3 Å². The number of benzene rings is 3. The lowest BCUT2D eigenvalue weighted by Crippen LogP contribution is -2.36. The van der Waals surface area contributed by atoms with Gasteiger partial charge in [0.15, 0.2) is 0 Å². The van der Waals surface area contributed by atoms with E-state index in [1.807, 2.05) is 42.5 Å². The van der Waals surface area contributed by atoms with Gasteiger partial charge in [-0.2, -0.15) is 0 Å². The van der Waals surface area contributed by atoms with E-state index in [4.69, 9.17) is 4.74 Å². The molecule has 1 aliphatic carbocycles. The van der Waals surface area contributed by atoms with Crippen molar-refractivity contribution in [3.05, 3.63) is 103 Å². The van der Waals surface area contributed by atoms with Crippen LogP contribution in [0.4, 0.5) is 0 Å². The number of para-hydroxylation sites is 1. The minimum atomic E-state index is 0.411. The fourth-order valence-electron chi connectivity index (χ4n) is 4.92. The molecule has 2 fully saturated rings. The van der Waals surface area contributed by atoms with E-state index in [2.05, 4.69) is 59.5 Å². The summed E-state index contributed by atoms with van der Waals surface area (Å²) in [4.78, 5) is 2.69. The molecule has 0 aromatic heterocycles. The molecule has 2 atom stereocenters. The van der Waals surface area contributed by atoms with Crippen LogP contribution in [0.5, 0.6) is 5.75 Å². The first kappa shape index (κ1) is 21.6. The van der Waals surface area contributed by atoms with Gasteiger partial charge in [0.1, 0.15) is 5.75 Å². The van der Waals surface area contributed by atoms with E-state index in [0.29, 0.717) is 6.10 Å². The van der Waals surface area contributed by atoms with E-state index < -0.39 is 0 Å². The molecule has 0 spiro atoms. The zero-order chi connectivity index (χ0) is 21.1. The molecular weight excluding hydrogens is 378 g/mol. The Labute approximate surface area is 187 Å². The summed E-state index contributed by atoms with van der Waals surface area (Å²) in [6.07, 6.45) is 6.76. The SMILES string of the molecule is c1ccc(OC2CCC(CN3CCC(c4ccccc4)CC3)C2)cc1.c1ccccc1. The lowest BCUT2D eigenvalue weighted by molar-refractivity contribution is 0.168. The van der Waals surface area contributed by atoms with Gasteiger partial charge in [-0.25, -0.2) is 0 Å². The van der Waals surface area contributed by atoms with Crippen molar-refractivity contribution in [1.29, 1.82) is 0 Å². The van der Waals surface area contributed by atoms with Gasteiger partial charge in [-0.3, -0.25) is 0 Å². The first-order valence-electron chi connectivity index (χ1n) is 11.9. The number of hydrogen-bond donors (Lipinski definition) is 0. The largest absolute Gasteiger partial charge is 0.490 e. The minimum Gasteiger partial charge on any atom is -0.490 e. The average Bonchev–Trinajstić information content (AvgIpc) is 3.29. The number of ether oxygens (including phenoxy) is 1. The molecule has 3 aromatic rings. The maximum absolute atomic E-state index is 6.15. The third kappa shape index (κ3) is 6.97. The molecular formula is C29H35NO. The summed E-state index contributed by atoms with van der Waals surface area (Å²) in [5.74, 6) is 2.59. The van der Waals surface area contributed by atoms with Gasteiger partial charge in [0.05, 0.1) is 6.10 Å². The molecule has 0 amide bonds. The smallest absolute Gasteiger partial charge is 0.119 e. The Morgan fingerprint density at radius 1 is 0.645 bits per heavy atom. The Kier molecular flexibility index (Phi) is 8.18. The van der Waals surface area contributed by atoms with Crippen LogP contribution in [0.1, 0.15) is 43.6 Å². The second kappa shape index (κ2) is 11.7.